The number of nitrogens with zero attached hydrogens (tertiary/aromatic N) is 3. The number of anilines is 1. The molecular formula is C20H19ClN4O3S. The minimum Gasteiger partial charge on any atom is -0.361 e. The van der Waals surface area contributed by atoms with Crippen LogP contribution in [0.4, 0.5) is 5.69 Å². The van der Waals surface area contributed by atoms with E-state index in [1.807, 2.05) is 13.0 Å². The minimum absolute atomic E-state index is 0.104. The standard InChI is InChI=1S/C20H19ClN4O3S/c1-13-9-16(24-28-13)12-29-19-17(7-4-8-22-19)20(27)25(2)11-18(26)23-15-6-3-5-14(21)10-15/h3-10H,11-12H2,1-2H3,(H,23,26). The van der Waals surface area contributed by atoms with E-state index in [0.717, 1.165) is 11.5 Å². The highest BCUT2D eigenvalue weighted by molar-refractivity contribution is 7.98. The molecule has 3 rings (SSSR count). The Labute approximate surface area is 177 Å². The van der Waals surface area contributed by atoms with Gasteiger partial charge in [0.25, 0.3) is 5.91 Å². The first kappa shape index (κ1) is 20.9. The zero-order chi connectivity index (χ0) is 20.8. The Hall–Kier alpha value is -2.84. The van der Waals surface area contributed by atoms with E-state index in [0.29, 0.717) is 27.1 Å². The maximum atomic E-state index is 12.9. The van der Waals surface area contributed by atoms with Crippen LogP contribution in [0.15, 0.2) is 58.2 Å². The van der Waals surface area contributed by atoms with Gasteiger partial charge >= 0.3 is 0 Å². The zero-order valence-electron chi connectivity index (χ0n) is 15.9. The SMILES string of the molecule is Cc1cc(CSc2ncccc2C(=O)N(C)CC(=O)Nc2cccc(Cl)c2)no1. The van der Waals surface area contributed by atoms with Gasteiger partial charge in [0.05, 0.1) is 17.8 Å². The number of aromatic nitrogens is 2. The summed E-state index contributed by atoms with van der Waals surface area (Å²) in [6, 6.07) is 12.0. The molecule has 0 unspecified atom stereocenters. The molecule has 9 heteroatoms. The number of halogens is 1. The fourth-order valence-corrected chi connectivity index (χ4v) is 3.61. The highest BCUT2D eigenvalue weighted by atomic mass is 35.5. The first-order valence-electron chi connectivity index (χ1n) is 8.73. The predicted octanol–water partition coefficient (Wildman–Crippen LogP) is 4.03. The molecule has 1 aromatic carbocycles. The van der Waals surface area contributed by atoms with Gasteiger partial charge in [-0.05, 0) is 37.3 Å². The highest BCUT2D eigenvalue weighted by Gasteiger charge is 2.19. The van der Waals surface area contributed by atoms with E-state index in [4.69, 9.17) is 16.1 Å². The smallest absolute Gasteiger partial charge is 0.256 e. The van der Waals surface area contributed by atoms with Crippen molar-refractivity contribution >= 4 is 40.9 Å². The number of hydrogen-bond donors (Lipinski definition) is 1. The molecule has 0 fully saturated rings. The number of amides is 2. The molecule has 0 spiro atoms. The van der Waals surface area contributed by atoms with Crippen molar-refractivity contribution in [3.8, 4) is 0 Å². The number of benzene rings is 1. The van der Waals surface area contributed by atoms with E-state index >= 15 is 0 Å². The quantitative estimate of drug-likeness (QED) is 0.569. The summed E-state index contributed by atoms with van der Waals surface area (Å²) in [7, 11) is 1.57. The Morgan fingerprint density at radius 3 is 2.79 bits per heavy atom. The molecule has 29 heavy (non-hydrogen) atoms. The van der Waals surface area contributed by atoms with Crippen molar-refractivity contribution < 1.29 is 14.1 Å². The normalized spacial score (nSPS) is 10.6. The molecule has 0 aliphatic heterocycles. The number of aryl methyl sites for hydroxylation is 1. The van der Waals surface area contributed by atoms with Gasteiger partial charge in [-0.2, -0.15) is 0 Å². The lowest BCUT2D eigenvalue weighted by Crippen LogP contribution is -2.35. The molecule has 2 heterocycles. The minimum atomic E-state index is -0.320. The number of carbonyl (C=O) groups is 2. The van der Waals surface area contributed by atoms with Gasteiger partial charge < -0.3 is 14.7 Å². The van der Waals surface area contributed by atoms with Gasteiger partial charge in [0.15, 0.2) is 0 Å². The molecule has 0 aliphatic rings. The van der Waals surface area contributed by atoms with Crippen LogP contribution in [0.2, 0.25) is 5.02 Å². The summed E-state index contributed by atoms with van der Waals surface area (Å²) >= 11 is 7.31. The fraction of sp³-hybridized carbons (Fsp3) is 0.200. The van der Waals surface area contributed by atoms with Crippen LogP contribution >= 0.6 is 23.4 Å². The number of nitrogens with one attached hydrogen (secondary N) is 1. The first-order chi connectivity index (χ1) is 13.9. The topological polar surface area (TPSA) is 88.3 Å². The lowest BCUT2D eigenvalue weighted by molar-refractivity contribution is -0.116. The zero-order valence-corrected chi connectivity index (χ0v) is 17.5. The molecule has 0 radical (unpaired) electrons. The predicted molar refractivity (Wildman–Crippen MR) is 112 cm³/mol. The Kier molecular flexibility index (Phi) is 6.90. The van der Waals surface area contributed by atoms with Gasteiger partial charge in [-0.3, -0.25) is 9.59 Å². The van der Waals surface area contributed by atoms with Crippen molar-refractivity contribution in [3.05, 3.63) is 70.7 Å². The number of thioether (sulfide) groups is 1. The van der Waals surface area contributed by atoms with Crippen LogP contribution in [0.3, 0.4) is 0 Å². The van der Waals surface area contributed by atoms with E-state index in [2.05, 4.69) is 15.5 Å². The van der Waals surface area contributed by atoms with Crippen molar-refractivity contribution in [1.29, 1.82) is 0 Å². The summed E-state index contributed by atoms with van der Waals surface area (Å²) in [5, 5.41) is 7.76. The molecule has 3 aromatic rings. The maximum Gasteiger partial charge on any atom is 0.256 e. The Morgan fingerprint density at radius 1 is 1.24 bits per heavy atom. The van der Waals surface area contributed by atoms with E-state index in [9.17, 15) is 9.59 Å². The van der Waals surface area contributed by atoms with Gasteiger partial charge in [-0.15, -0.1) is 0 Å². The molecule has 2 aromatic heterocycles. The van der Waals surface area contributed by atoms with Crippen LogP contribution in [0.1, 0.15) is 21.8 Å². The summed E-state index contributed by atoms with van der Waals surface area (Å²) in [5.74, 6) is 0.633. The summed E-state index contributed by atoms with van der Waals surface area (Å²) < 4.78 is 5.06. The summed E-state index contributed by atoms with van der Waals surface area (Å²) in [5.41, 5.74) is 1.77. The van der Waals surface area contributed by atoms with E-state index < -0.39 is 0 Å². The van der Waals surface area contributed by atoms with Crippen LogP contribution in [-0.4, -0.2) is 40.4 Å². The van der Waals surface area contributed by atoms with Gasteiger partial charge in [-0.1, -0.05) is 34.6 Å². The van der Waals surface area contributed by atoms with Crippen LogP contribution in [0, 0.1) is 6.92 Å². The van der Waals surface area contributed by atoms with Crippen LogP contribution < -0.4 is 5.32 Å². The molecule has 150 valence electrons. The summed E-state index contributed by atoms with van der Waals surface area (Å²) in [6.45, 7) is 1.72. The number of likely N-dealkylation sites (N-methyl/N-ethyl adjacent to an activating group) is 1. The number of pyridine rings is 1. The van der Waals surface area contributed by atoms with E-state index in [1.165, 1.54) is 16.7 Å². The van der Waals surface area contributed by atoms with E-state index in [-0.39, 0.29) is 18.4 Å². The Bertz CT molecular complexity index is 1020. The second kappa shape index (κ2) is 9.58. The largest absolute Gasteiger partial charge is 0.361 e. The van der Waals surface area contributed by atoms with Gasteiger partial charge in [0, 0.05) is 35.8 Å². The molecule has 0 aliphatic carbocycles. The lowest BCUT2D eigenvalue weighted by atomic mass is 10.2. The number of rotatable bonds is 7. The third kappa shape index (κ3) is 5.82. The van der Waals surface area contributed by atoms with Crippen LogP contribution in [0.25, 0.3) is 0 Å². The van der Waals surface area contributed by atoms with E-state index in [1.54, 1.807) is 49.6 Å². The highest BCUT2D eigenvalue weighted by Crippen LogP contribution is 2.25. The maximum absolute atomic E-state index is 12.9. The Balaban J connectivity index is 1.63. The van der Waals surface area contributed by atoms with Crippen molar-refractivity contribution in [3.63, 3.8) is 0 Å². The summed E-state index contributed by atoms with van der Waals surface area (Å²) in [6.07, 6.45) is 1.62. The molecule has 0 saturated heterocycles. The van der Waals surface area contributed by atoms with Gasteiger partial charge in [-0.25, -0.2) is 4.98 Å². The van der Waals surface area contributed by atoms with Crippen LogP contribution in [0.5, 0.6) is 0 Å². The number of hydrogen-bond acceptors (Lipinski definition) is 6. The Morgan fingerprint density at radius 2 is 2.07 bits per heavy atom. The molecule has 0 saturated carbocycles. The van der Waals surface area contributed by atoms with Crippen molar-refractivity contribution in [2.45, 2.75) is 17.7 Å². The molecule has 7 nitrogen and oxygen atoms in total. The molecule has 1 N–H and O–H groups in total. The molecule has 0 bridgehead atoms. The second-order valence-electron chi connectivity index (χ2n) is 6.29. The second-order valence-corrected chi connectivity index (χ2v) is 7.69. The molecule has 2 amide bonds. The van der Waals surface area contributed by atoms with Crippen LogP contribution in [-0.2, 0) is 10.5 Å². The molecular weight excluding hydrogens is 412 g/mol. The third-order valence-corrected chi connectivity index (χ3v) is 5.14. The first-order valence-corrected chi connectivity index (χ1v) is 10.1. The average molecular weight is 431 g/mol. The van der Waals surface area contributed by atoms with Gasteiger partial charge in [0.1, 0.15) is 10.8 Å². The number of carbonyl (C=O) groups excluding carboxylic acids is 2. The summed E-state index contributed by atoms with van der Waals surface area (Å²) in [4.78, 5) is 30.8. The average Bonchev–Trinajstić information content (AvgIpc) is 3.11. The van der Waals surface area contributed by atoms with Crippen molar-refractivity contribution in [2.75, 3.05) is 18.9 Å². The van der Waals surface area contributed by atoms with Crippen molar-refractivity contribution in [2.24, 2.45) is 0 Å². The van der Waals surface area contributed by atoms with Crippen molar-refractivity contribution in [1.82, 2.24) is 15.0 Å². The monoisotopic (exact) mass is 430 g/mol. The molecule has 0 atom stereocenters. The lowest BCUT2D eigenvalue weighted by Gasteiger charge is -2.18. The van der Waals surface area contributed by atoms with Gasteiger partial charge in [0.2, 0.25) is 5.91 Å². The fourth-order valence-electron chi connectivity index (χ4n) is 2.56. The third-order valence-electron chi connectivity index (χ3n) is 3.87.